The van der Waals surface area contributed by atoms with E-state index in [0.717, 1.165) is 0 Å². The number of rotatable bonds is 5. The Morgan fingerprint density at radius 3 is 2.78 bits per heavy atom. The van der Waals surface area contributed by atoms with E-state index < -0.39 is 10.0 Å². The van der Waals surface area contributed by atoms with Crippen molar-refractivity contribution in [3.8, 4) is 5.82 Å². The molecule has 0 aliphatic rings. The summed E-state index contributed by atoms with van der Waals surface area (Å²) in [6, 6.07) is 3.23. The third-order valence-corrected chi connectivity index (χ3v) is 3.72. The fraction of sp³-hybridized carbons (Fsp3) is 0.222. The number of pyridine rings is 1. The highest BCUT2D eigenvalue weighted by Gasteiger charge is 2.09. The molecule has 0 atom stereocenters. The molecular formula is C9H10ClN5O2S. The maximum atomic E-state index is 11.5. The van der Waals surface area contributed by atoms with Crippen LogP contribution < -0.4 is 4.72 Å². The van der Waals surface area contributed by atoms with Gasteiger partial charge in [-0.2, -0.15) is 5.10 Å². The van der Waals surface area contributed by atoms with Crippen molar-refractivity contribution in [1.82, 2.24) is 19.7 Å². The molecule has 0 bridgehead atoms. The number of aromatic nitrogens is 4. The lowest BCUT2D eigenvalue weighted by atomic mass is 10.4. The monoisotopic (exact) mass is 287 g/mol. The topological polar surface area (TPSA) is 89.8 Å². The van der Waals surface area contributed by atoms with Gasteiger partial charge in [0.25, 0.3) is 0 Å². The Balaban J connectivity index is 2.14. The molecule has 0 amide bonds. The molecule has 0 radical (unpaired) electrons. The van der Waals surface area contributed by atoms with Gasteiger partial charge < -0.3 is 0 Å². The van der Waals surface area contributed by atoms with Gasteiger partial charge in [0.05, 0.1) is 17.6 Å². The fourth-order valence-corrected chi connectivity index (χ4v) is 2.64. The van der Waals surface area contributed by atoms with Crippen LogP contribution in [0, 0.1) is 0 Å². The van der Waals surface area contributed by atoms with Gasteiger partial charge in [0.1, 0.15) is 12.7 Å². The van der Waals surface area contributed by atoms with Crippen molar-refractivity contribution in [3.05, 3.63) is 31.0 Å². The number of nitrogens with zero attached hydrogens (tertiary/aromatic N) is 4. The summed E-state index contributed by atoms with van der Waals surface area (Å²) in [5, 5.41) is 3.91. The van der Waals surface area contributed by atoms with Gasteiger partial charge in [0, 0.05) is 5.88 Å². The SMILES string of the molecule is O=S(=O)(CCCl)Nc1ccc(-n2cncn2)nc1. The first-order chi connectivity index (χ1) is 8.61. The third-order valence-electron chi connectivity index (χ3n) is 2.02. The number of hydrogen-bond acceptors (Lipinski definition) is 5. The van der Waals surface area contributed by atoms with Crippen LogP contribution in [0.25, 0.3) is 5.82 Å². The Kier molecular flexibility index (Phi) is 3.78. The molecule has 2 heterocycles. The second-order valence-electron chi connectivity index (χ2n) is 3.36. The summed E-state index contributed by atoms with van der Waals surface area (Å²) in [5.74, 6) is 0.451. The lowest BCUT2D eigenvalue weighted by Gasteiger charge is -2.06. The van der Waals surface area contributed by atoms with Crippen molar-refractivity contribution in [3.63, 3.8) is 0 Å². The molecule has 96 valence electrons. The first kappa shape index (κ1) is 12.8. The van der Waals surface area contributed by atoms with Crippen LogP contribution in [0.5, 0.6) is 0 Å². The number of sulfonamides is 1. The van der Waals surface area contributed by atoms with Gasteiger partial charge in [0.15, 0.2) is 5.82 Å². The Morgan fingerprint density at radius 2 is 2.22 bits per heavy atom. The average molecular weight is 288 g/mol. The molecule has 0 aliphatic carbocycles. The van der Waals surface area contributed by atoms with Crippen molar-refractivity contribution >= 4 is 27.3 Å². The number of anilines is 1. The van der Waals surface area contributed by atoms with Crippen molar-refractivity contribution in [2.45, 2.75) is 0 Å². The molecule has 18 heavy (non-hydrogen) atoms. The summed E-state index contributed by atoms with van der Waals surface area (Å²) in [6.07, 6.45) is 4.29. The molecule has 1 N–H and O–H groups in total. The fourth-order valence-electron chi connectivity index (χ4n) is 1.24. The minimum Gasteiger partial charge on any atom is -0.282 e. The van der Waals surface area contributed by atoms with Crippen molar-refractivity contribution in [2.24, 2.45) is 0 Å². The molecule has 7 nitrogen and oxygen atoms in total. The predicted octanol–water partition coefficient (Wildman–Crippen LogP) is 0.643. The molecule has 0 aromatic carbocycles. The zero-order valence-corrected chi connectivity index (χ0v) is 10.8. The molecular weight excluding hydrogens is 278 g/mol. The van der Waals surface area contributed by atoms with Crippen LogP contribution in [-0.4, -0.2) is 39.8 Å². The Morgan fingerprint density at radius 1 is 1.39 bits per heavy atom. The number of nitrogens with one attached hydrogen (secondary N) is 1. The second kappa shape index (κ2) is 5.32. The van der Waals surface area contributed by atoms with E-state index in [1.165, 1.54) is 23.5 Å². The predicted molar refractivity (Wildman–Crippen MR) is 67.3 cm³/mol. The number of hydrogen-bond donors (Lipinski definition) is 1. The minimum atomic E-state index is -3.41. The zero-order chi connectivity index (χ0) is 13.0. The van der Waals surface area contributed by atoms with E-state index >= 15 is 0 Å². The lowest BCUT2D eigenvalue weighted by Crippen LogP contribution is -2.17. The molecule has 0 unspecified atom stereocenters. The standard InChI is InChI=1S/C9H10ClN5O2S/c10-3-4-18(16,17)14-8-1-2-9(12-5-8)15-7-11-6-13-15/h1-2,5-7,14H,3-4H2. The Bertz CT molecular complexity index is 596. The average Bonchev–Trinajstić information content (AvgIpc) is 2.82. The summed E-state index contributed by atoms with van der Waals surface area (Å²) >= 11 is 5.39. The van der Waals surface area contributed by atoms with Gasteiger partial charge in [-0.25, -0.2) is 23.1 Å². The van der Waals surface area contributed by atoms with E-state index in [4.69, 9.17) is 11.6 Å². The van der Waals surface area contributed by atoms with Gasteiger partial charge in [-0.15, -0.1) is 11.6 Å². The van der Waals surface area contributed by atoms with E-state index in [1.807, 2.05) is 0 Å². The molecule has 0 spiro atoms. The highest BCUT2D eigenvalue weighted by molar-refractivity contribution is 7.92. The van der Waals surface area contributed by atoms with E-state index in [0.29, 0.717) is 11.5 Å². The maximum Gasteiger partial charge on any atom is 0.233 e. The second-order valence-corrected chi connectivity index (χ2v) is 5.57. The van der Waals surface area contributed by atoms with Gasteiger partial charge in [-0.1, -0.05) is 0 Å². The van der Waals surface area contributed by atoms with E-state index in [9.17, 15) is 8.42 Å². The maximum absolute atomic E-state index is 11.5. The zero-order valence-electron chi connectivity index (χ0n) is 9.19. The highest BCUT2D eigenvalue weighted by Crippen LogP contribution is 2.10. The van der Waals surface area contributed by atoms with Crippen molar-refractivity contribution < 1.29 is 8.42 Å². The van der Waals surface area contributed by atoms with Gasteiger partial charge in [-0.05, 0) is 12.1 Å². The molecule has 2 aromatic rings. The molecule has 0 aliphatic heterocycles. The molecule has 0 fully saturated rings. The van der Waals surface area contributed by atoms with Gasteiger partial charge in [0.2, 0.25) is 10.0 Å². The van der Waals surface area contributed by atoms with E-state index in [-0.39, 0.29) is 11.6 Å². The van der Waals surface area contributed by atoms with Crippen LogP contribution in [-0.2, 0) is 10.0 Å². The molecule has 2 rings (SSSR count). The minimum absolute atomic E-state index is 0.0415. The summed E-state index contributed by atoms with van der Waals surface area (Å²) in [4.78, 5) is 7.86. The molecule has 0 saturated heterocycles. The number of halogens is 1. The summed E-state index contributed by atoms with van der Waals surface area (Å²) < 4.78 is 26.8. The van der Waals surface area contributed by atoms with Crippen LogP contribution >= 0.6 is 11.6 Å². The highest BCUT2D eigenvalue weighted by atomic mass is 35.5. The van der Waals surface area contributed by atoms with Gasteiger partial charge in [-0.3, -0.25) is 4.72 Å². The molecule has 0 saturated carbocycles. The largest absolute Gasteiger partial charge is 0.282 e. The normalized spacial score (nSPS) is 11.4. The van der Waals surface area contributed by atoms with Crippen molar-refractivity contribution in [1.29, 1.82) is 0 Å². The van der Waals surface area contributed by atoms with Crippen LogP contribution in [0.4, 0.5) is 5.69 Å². The third kappa shape index (κ3) is 3.17. The quantitative estimate of drug-likeness (QED) is 0.815. The Hall–Kier alpha value is -1.67. The summed E-state index contributed by atoms with van der Waals surface area (Å²) in [7, 11) is -3.41. The van der Waals surface area contributed by atoms with Crippen LogP contribution in [0.2, 0.25) is 0 Å². The van der Waals surface area contributed by atoms with Gasteiger partial charge >= 0.3 is 0 Å². The first-order valence-electron chi connectivity index (χ1n) is 4.98. The first-order valence-corrected chi connectivity index (χ1v) is 7.17. The van der Waals surface area contributed by atoms with Crippen LogP contribution in [0.3, 0.4) is 0 Å². The summed E-state index contributed by atoms with van der Waals surface area (Å²) in [5.41, 5.74) is 0.379. The molecule has 2 aromatic heterocycles. The summed E-state index contributed by atoms with van der Waals surface area (Å²) in [6.45, 7) is 0. The number of alkyl halides is 1. The molecule has 9 heteroatoms. The van der Waals surface area contributed by atoms with Crippen molar-refractivity contribution in [2.75, 3.05) is 16.4 Å². The lowest BCUT2D eigenvalue weighted by molar-refractivity contribution is 0.602. The van der Waals surface area contributed by atoms with Crippen LogP contribution in [0.15, 0.2) is 31.0 Å². The smallest absolute Gasteiger partial charge is 0.233 e. The van der Waals surface area contributed by atoms with E-state index in [1.54, 1.807) is 12.1 Å². The Labute approximate surface area is 109 Å². The van der Waals surface area contributed by atoms with Crippen LogP contribution in [0.1, 0.15) is 0 Å². The van der Waals surface area contributed by atoms with E-state index in [2.05, 4.69) is 19.8 Å².